The molecular weight excluding hydrogens is 432 g/mol. The average molecular weight is 461 g/mol. The fraction of sp³-hybridized carbons (Fsp3) is 0.238. The van der Waals surface area contributed by atoms with Crippen molar-refractivity contribution >= 4 is 39.0 Å². The molecule has 1 unspecified atom stereocenters. The largest absolute Gasteiger partial charge is 0.464 e. The van der Waals surface area contributed by atoms with Gasteiger partial charge in [0.05, 0.1) is 6.26 Å². The van der Waals surface area contributed by atoms with Crippen LogP contribution in [0.5, 0.6) is 0 Å². The summed E-state index contributed by atoms with van der Waals surface area (Å²) in [6.07, 6.45) is 3.48. The van der Waals surface area contributed by atoms with E-state index in [1.54, 1.807) is 18.4 Å². The van der Waals surface area contributed by atoms with E-state index in [9.17, 15) is 13.2 Å². The molecule has 0 spiro atoms. The molecule has 1 aromatic heterocycles. The molecule has 3 aromatic rings. The Morgan fingerprint density at radius 3 is 2.38 bits per heavy atom. The Morgan fingerprint density at radius 1 is 1.25 bits per heavy atom. The number of furan rings is 1. The molecule has 0 radical (unpaired) electrons. The number of rotatable bonds is 7. The normalized spacial score (nSPS) is 12.7. The molecular formula is C21H28N6O4S. The highest BCUT2D eigenvalue weighted by atomic mass is 32.2. The number of carbonyl (C=O) groups excluding carboxylic acids is 1. The number of benzene rings is 2. The van der Waals surface area contributed by atoms with Gasteiger partial charge in [-0.1, -0.05) is 6.92 Å². The summed E-state index contributed by atoms with van der Waals surface area (Å²) in [4.78, 5) is 11.7. The number of hydrogen-bond acceptors (Lipinski definition) is 7. The smallest absolute Gasteiger partial charge is 0.274 e. The van der Waals surface area contributed by atoms with Crippen molar-refractivity contribution in [2.75, 3.05) is 12.4 Å². The third kappa shape index (κ3) is 6.30. The average Bonchev–Trinajstić information content (AvgIpc) is 3.17. The van der Waals surface area contributed by atoms with Gasteiger partial charge in [0.2, 0.25) is 0 Å². The molecule has 0 bridgehead atoms. The number of nitrogens with one attached hydrogen (secondary N) is 2. The zero-order chi connectivity index (χ0) is 23.9. The first-order valence-electron chi connectivity index (χ1n) is 9.71. The first kappa shape index (κ1) is 24.9. The Kier molecular flexibility index (Phi) is 8.35. The van der Waals surface area contributed by atoms with Gasteiger partial charge in [0, 0.05) is 23.7 Å². The molecule has 0 amide bonds. The minimum absolute atomic E-state index is 0.261. The van der Waals surface area contributed by atoms with Gasteiger partial charge in [-0.25, -0.2) is 9.86 Å². The number of nitrogens with zero attached hydrogens (tertiary/aromatic N) is 1. The van der Waals surface area contributed by atoms with Crippen LogP contribution < -0.4 is 26.8 Å². The van der Waals surface area contributed by atoms with Crippen molar-refractivity contribution in [2.45, 2.75) is 26.3 Å². The summed E-state index contributed by atoms with van der Waals surface area (Å²) in [6.45, 7) is 4.07. The molecule has 172 valence electrons. The predicted molar refractivity (Wildman–Crippen MR) is 126 cm³/mol. The second kappa shape index (κ2) is 10.8. The van der Waals surface area contributed by atoms with Crippen LogP contribution in [0.3, 0.4) is 0 Å². The zero-order valence-corrected chi connectivity index (χ0v) is 18.9. The summed E-state index contributed by atoms with van der Waals surface area (Å²) in [5.41, 5.74) is 11.2. The predicted octanol–water partition coefficient (Wildman–Crippen LogP) is 1.64. The highest BCUT2D eigenvalue weighted by Crippen LogP contribution is 2.29. The van der Waals surface area contributed by atoms with Gasteiger partial charge in [-0.3, -0.25) is 0 Å². The van der Waals surface area contributed by atoms with Crippen LogP contribution in [0.15, 0.2) is 52.2 Å². The van der Waals surface area contributed by atoms with E-state index in [4.69, 9.17) is 16.0 Å². The number of nitrogens with two attached hydrogens (primary N) is 3. The number of hydrogen-bond donors (Lipinski definition) is 5. The Hall–Kier alpha value is -3.41. The van der Waals surface area contributed by atoms with E-state index in [1.807, 2.05) is 35.9 Å². The van der Waals surface area contributed by atoms with Crippen molar-refractivity contribution in [3.05, 3.63) is 64.9 Å². The Labute approximate surface area is 187 Å². The van der Waals surface area contributed by atoms with Gasteiger partial charge < -0.3 is 26.1 Å². The van der Waals surface area contributed by atoms with E-state index in [2.05, 4.69) is 22.5 Å². The lowest BCUT2D eigenvalue weighted by atomic mass is 9.99. The Bertz CT molecular complexity index is 1200. The first-order valence-corrected chi connectivity index (χ1v) is 11.3. The van der Waals surface area contributed by atoms with Crippen LogP contribution >= 0.6 is 0 Å². The third-order valence-corrected chi connectivity index (χ3v) is 5.34. The monoisotopic (exact) mass is 460 g/mol. The number of aryl methyl sites for hydroxylation is 2. The van der Waals surface area contributed by atoms with Crippen molar-refractivity contribution < 1.29 is 17.6 Å². The SMILES string of the molecule is CCc1cc(C(C=O)Nc2ccc(/C(N)=N/N)cc2)cc2c(C)coc12.CNS(N)(=O)=O. The molecule has 0 fully saturated rings. The van der Waals surface area contributed by atoms with E-state index in [0.29, 0.717) is 0 Å². The maximum absolute atomic E-state index is 11.7. The van der Waals surface area contributed by atoms with Gasteiger partial charge in [0.1, 0.15) is 23.7 Å². The summed E-state index contributed by atoms with van der Waals surface area (Å²) in [7, 11) is -2.17. The van der Waals surface area contributed by atoms with E-state index >= 15 is 0 Å². The number of carbonyl (C=O) groups is 1. The highest BCUT2D eigenvalue weighted by Gasteiger charge is 2.16. The second-order valence-corrected chi connectivity index (χ2v) is 8.43. The van der Waals surface area contributed by atoms with Crippen LogP contribution in [-0.4, -0.2) is 27.6 Å². The number of amidine groups is 1. The molecule has 0 aliphatic heterocycles. The van der Waals surface area contributed by atoms with Gasteiger partial charge in [-0.2, -0.15) is 13.5 Å². The van der Waals surface area contributed by atoms with E-state index in [1.165, 1.54) is 7.05 Å². The summed E-state index contributed by atoms with van der Waals surface area (Å²) in [6, 6.07) is 10.8. The molecule has 0 aliphatic rings. The molecule has 0 saturated heterocycles. The summed E-state index contributed by atoms with van der Waals surface area (Å²) < 4.78 is 26.8. The lowest BCUT2D eigenvalue weighted by molar-refractivity contribution is -0.108. The van der Waals surface area contributed by atoms with Gasteiger partial charge in [-0.05, 0) is 66.4 Å². The van der Waals surface area contributed by atoms with Crippen molar-refractivity contribution in [1.82, 2.24) is 4.72 Å². The standard InChI is InChI=1S/C20H22N4O2.CH6N2O2S/c1-3-13-8-15(9-17-12(2)11-26-19(13)17)18(10-25)23-16-6-4-14(5-7-16)20(21)24-22;1-3-6(2,4)5/h4-11,18,23H,3,22H2,1-2H3,(H2,21,24);3H,1H3,(H2,2,4,5). The molecule has 11 heteroatoms. The number of anilines is 1. The Balaban J connectivity index is 0.000000534. The third-order valence-electron chi connectivity index (χ3n) is 4.77. The number of hydrazone groups is 1. The molecule has 0 saturated carbocycles. The van der Waals surface area contributed by atoms with Crippen LogP contribution in [0.2, 0.25) is 0 Å². The van der Waals surface area contributed by atoms with Gasteiger partial charge in [0.15, 0.2) is 0 Å². The quantitative estimate of drug-likeness (QED) is 0.117. The van der Waals surface area contributed by atoms with Gasteiger partial charge in [-0.15, -0.1) is 0 Å². The molecule has 0 aliphatic carbocycles. The molecule has 10 nitrogen and oxygen atoms in total. The van der Waals surface area contributed by atoms with Crippen LogP contribution in [0.4, 0.5) is 5.69 Å². The van der Waals surface area contributed by atoms with Crippen LogP contribution in [0.25, 0.3) is 11.0 Å². The maximum Gasteiger partial charge on any atom is 0.274 e. The molecule has 1 atom stereocenters. The van der Waals surface area contributed by atoms with Gasteiger partial charge in [0.25, 0.3) is 10.2 Å². The van der Waals surface area contributed by atoms with Crippen molar-refractivity contribution in [3.8, 4) is 0 Å². The fourth-order valence-corrected chi connectivity index (χ4v) is 2.99. The summed E-state index contributed by atoms with van der Waals surface area (Å²) in [5.74, 6) is 5.45. The summed E-state index contributed by atoms with van der Waals surface area (Å²) >= 11 is 0. The first-order chi connectivity index (χ1) is 15.1. The zero-order valence-electron chi connectivity index (χ0n) is 18.1. The maximum atomic E-state index is 11.7. The van der Waals surface area contributed by atoms with Crippen LogP contribution in [-0.2, 0) is 21.4 Å². The second-order valence-electron chi connectivity index (χ2n) is 6.93. The highest BCUT2D eigenvalue weighted by molar-refractivity contribution is 7.87. The molecule has 8 N–H and O–H groups in total. The molecule has 1 heterocycles. The molecule has 32 heavy (non-hydrogen) atoms. The molecule has 3 rings (SSSR count). The summed E-state index contributed by atoms with van der Waals surface area (Å²) in [5, 5.41) is 12.2. The minimum Gasteiger partial charge on any atom is -0.464 e. The van der Waals surface area contributed by atoms with Crippen molar-refractivity contribution in [1.29, 1.82) is 0 Å². The lowest BCUT2D eigenvalue weighted by Gasteiger charge is -2.16. The van der Waals surface area contributed by atoms with E-state index in [0.717, 1.165) is 51.6 Å². The van der Waals surface area contributed by atoms with E-state index < -0.39 is 16.3 Å². The minimum atomic E-state index is -3.41. The number of aldehydes is 1. The Morgan fingerprint density at radius 2 is 1.88 bits per heavy atom. The fourth-order valence-electron chi connectivity index (χ4n) is 2.99. The van der Waals surface area contributed by atoms with Gasteiger partial charge >= 0.3 is 0 Å². The van der Waals surface area contributed by atoms with Crippen molar-refractivity contribution in [3.63, 3.8) is 0 Å². The van der Waals surface area contributed by atoms with Crippen molar-refractivity contribution in [2.24, 2.45) is 21.8 Å². The topological polar surface area (TPSA) is 179 Å². The van der Waals surface area contributed by atoms with Crippen LogP contribution in [0, 0.1) is 6.92 Å². The number of fused-ring (bicyclic) bond motifs is 1. The van der Waals surface area contributed by atoms with Crippen LogP contribution in [0.1, 0.15) is 35.2 Å². The lowest BCUT2D eigenvalue weighted by Crippen LogP contribution is -2.26. The van der Waals surface area contributed by atoms with E-state index in [-0.39, 0.29) is 5.84 Å². The molecule has 2 aromatic carbocycles.